The van der Waals surface area contributed by atoms with Crippen LogP contribution in [0.4, 0.5) is 0 Å². The quantitative estimate of drug-likeness (QED) is 0.794. The summed E-state index contributed by atoms with van der Waals surface area (Å²) in [6.45, 7) is 18.8. The maximum absolute atomic E-state index is 5.31. The first-order valence-corrected chi connectivity index (χ1v) is 7.90. The van der Waals surface area contributed by atoms with Crippen molar-refractivity contribution in [3.63, 3.8) is 0 Å². The highest BCUT2D eigenvalue weighted by Crippen LogP contribution is 1.97. The molecule has 1 N–H and O–H groups in total. The summed E-state index contributed by atoms with van der Waals surface area (Å²) in [6.07, 6.45) is 2.47. The minimum absolute atomic E-state index is 0.705. The van der Waals surface area contributed by atoms with Crippen LogP contribution in [0, 0.1) is 0 Å². The smallest absolute Gasteiger partial charge is 0.0594 e. The molecule has 1 saturated heterocycles. The number of morpholine rings is 1. The molecule has 1 rings (SSSR count). The highest BCUT2D eigenvalue weighted by molar-refractivity contribution is 4.66. The van der Waals surface area contributed by atoms with Gasteiger partial charge in [0, 0.05) is 32.2 Å². The van der Waals surface area contributed by atoms with Gasteiger partial charge >= 0.3 is 0 Å². The van der Waals surface area contributed by atoms with Crippen molar-refractivity contribution in [2.45, 2.75) is 60.4 Å². The Balaban J connectivity index is 0. The van der Waals surface area contributed by atoms with Gasteiger partial charge in [0.2, 0.25) is 0 Å². The molecule has 0 aliphatic carbocycles. The summed E-state index contributed by atoms with van der Waals surface area (Å²) >= 11 is 0. The zero-order valence-corrected chi connectivity index (χ0v) is 13.6. The third kappa shape index (κ3) is 11.0. The monoisotopic (exact) mass is 260 g/mol. The molecule has 0 atom stereocenters. The average molecular weight is 260 g/mol. The molecule has 0 aromatic heterocycles. The van der Waals surface area contributed by atoms with E-state index in [1.165, 1.54) is 19.4 Å². The standard InChI is InChI=1S/C11H24N2O.2C2H6/c1-3-11(4-2)12-5-6-13-7-9-14-10-8-13;2*1-2/h11-12H,3-10H2,1-2H3;2*1-2H3. The average Bonchev–Trinajstić information content (AvgIpc) is 2.49. The molecule has 0 saturated carbocycles. The first-order chi connectivity index (χ1) is 8.86. The minimum Gasteiger partial charge on any atom is -0.379 e. The number of ether oxygens (including phenoxy) is 1. The summed E-state index contributed by atoms with van der Waals surface area (Å²) < 4.78 is 5.31. The van der Waals surface area contributed by atoms with E-state index in [1.807, 2.05) is 27.7 Å². The van der Waals surface area contributed by atoms with Gasteiger partial charge < -0.3 is 10.1 Å². The van der Waals surface area contributed by atoms with Crippen LogP contribution in [0.2, 0.25) is 0 Å². The van der Waals surface area contributed by atoms with Gasteiger partial charge in [0.25, 0.3) is 0 Å². The predicted octanol–water partition coefficient (Wildman–Crippen LogP) is 3.15. The Labute approximate surface area is 115 Å². The minimum atomic E-state index is 0.705. The predicted molar refractivity (Wildman–Crippen MR) is 82.3 cm³/mol. The van der Waals surface area contributed by atoms with Crippen molar-refractivity contribution in [1.82, 2.24) is 10.2 Å². The second-order valence-electron chi connectivity index (χ2n) is 3.92. The largest absolute Gasteiger partial charge is 0.379 e. The SMILES string of the molecule is CC.CC.CCC(CC)NCCN1CCOCC1. The van der Waals surface area contributed by atoms with E-state index in [2.05, 4.69) is 24.1 Å². The summed E-state index contributed by atoms with van der Waals surface area (Å²) in [5.41, 5.74) is 0. The fraction of sp³-hybridized carbons (Fsp3) is 1.00. The molecule has 0 aromatic rings. The van der Waals surface area contributed by atoms with E-state index in [-0.39, 0.29) is 0 Å². The maximum Gasteiger partial charge on any atom is 0.0594 e. The van der Waals surface area contributed by atoms with Gasteiger partial charge in [-0.15, -0.1) is 0 Å². The molecule has 18 heavy (non-hydrogen) atoms. The highest BCUT2D eigenvalue weighted by Gasteiger charge is 2.09. The van der Waals surface area contributed by atoms with Gasteiger partial charge in [-0.2, -0.15) is 0 Å². The van der Waals surface area contributed by atoms with Gasteiger partial charge in [-0.1, -0.05) is 41.5 Å². The molecule has 1 aliphatic rings. The van der Waals surface area contributed by atoms with Crippen LogP contribution in [-0.4, -0.2) is 50.3 Å². The van der Waals surface area contributed by atoms with Gasteiger partial charge in [-0.3, -0.25) is 4.90 Å². The molecule has 0 spiro atoms. The number of nitrogens with zero attached hydrogens (tertiary/aromatic N) is 1. The number of nitrogens with one attached hydrogen (secondary N) is 1. The third-order valence-corrected chi connectivity index (χ3v) is 2.95. The van der Waals surface area contributed by atoms with Gasteiger partial charge in [-0.25, -0.2) is 0 Å². The van der Waals surface area contributed by atoms with Gasteiger partial charge in [-0.05, 0) is 12.8 Å². The lowest BCUT2D eigenvalue weighted by molar-refractivity contribution is 0.0381. The second kappa shape index (κ2) is 16.9. The van der Waals surface area contributed by atoms with Crippen molar-refractivity contribution in [1.29, 1.82) is 0 Å². The fourth-order valence-electron chi connectivity index (χ4n) is 1.83. The van der Waals surface area contributed by atoms with Crippen molar-refractivity contribution >= 4 is 0 Å². The molecule has 1 aliphatic heterocycles. The van der Waals surface area contributed by atoms with Crippen LogP contribution in [-0.2, 0) is 4.74 Å². The van der Waals surface area contributed by atoms with E-state index in [1.54, 1.807) is 0 Å². The number of rotatable bonds is 6. The van der Waals surface area contributed by atoms with Crippen LogP contribution in [0.15, 0.2) is 0 Å². The second-order valence-corrected chi connectivity index (χ2v) is 3.92. The van der Waals surface area contributed by atoms with Crippen LogP contribution in [0.25, 0.3) is 0 Å². The first-order valence-electron chi connectivity index (χ1n) is 7.90. The zero-order chi connectivity index (χ0) is 14.2. The highest BCUT2D eigenvalue weighted by atomic mass is 16.5. The Morgan fingerprint density at radius 2 is 1.50 bits per heavy atom. The molecular formula is C15H36N2O. The van der Waals surface area contributed by atoms with Crippen molar-refractivity contribution in [3.05, 3.63) is 0 Å². The van der Waals surface area contributed by atoms with Crippen molar-refractivity contribution < 1.29 is 4.74 Å². The Morgan fingerprint density at radius 1 is 1.00 bits per heavy atom. The Morgan fingerprint density at radius 3 is 1.94 bits per heavy atom. The molecule has 3 nitrogen and oxygen atoms in total. The molecular weight excluding hydrogens is 224 g/mol. The van der Waals surface area contributed by atoms with E-state index < -0.39 is 0 Å². The molecule has 0 unspecified atom stereocenters. The molecule has 112 valence electrons. The van der Waals surface area contributed by atoms with E-state index in [0.717, 1.165) is 32.8 Å². The first kappa shape index (κ1) is 20.2. The van der Waals surface area contributed by atoms with Crippen LogP contribution < -0.4 is 5.32 Å². The Bertz CT molecular complexity index is 132. The van der Waals surface area contributed by atoms with Crippen LogP contribution in [0.3, 0.4) is 0 Å². The molecule has 1 fully saturated rings. The summed E-state index contributed by atoms with van der Waals surface area (Å²) in [4.78, 5) is 2.47. The lowest BCUT2D eigenvalue weighted by Gasteiger charge is -2.27. The lowest BCUT2D eigenvalue weighted by Crippen LogP contribution is -2.42. The topological polar surface area (TPSA) is 24.5 Å². The van der Waals surface area contributed by atoms with Crippen molar-refractivity contribution in [2.75, 3.05) is 39.4 Å². The molecule has 0 amide bonds. The van der Waals surface area contributed by atoms with E-state index in [9.17, 15) is 0 Å². The summed E-state index contributed by atoms with van der Waals surface area (Å²) in [7, 11) is 0. The summed E-state index contributed by atoms with van der Waals surface area (Å²) in [5, 5.41) is 3.58. The van der Waals surface area contributed by atoms with Gasteiger partial charge in [0.05, 0.1) is 13.2 Å². The van der Waals surface area contributed by atoms with E-state index >= 15 is 0 Å². The van der Waals surface area contributed by atoms with Crippen molar-refractivity contribution in [3.8, 4) is 0 Å². The molecule has 0 radical (unpaired) electrons. The fourth-order valence-corrected chi connectivity index (χ4v) is 1.83. The van der Waals surface area contributed by atoms with Crippen LogP contribution in [0.5, 0.6) is 0 Å². The normalized spacial score (nSPS) is 15.5. The maximum atomic E-state index is 5.31. The van der Waals surface area contributed by atoms with E-state index in [4.69, 9.17) is 4.74 Å². The lowest BCUT2D eigenvalue weighted by atomic mass is 10.2. The van der Waals surface area contributed by atoms with Gasteiger partial charge in [0.15, 0.2) is 0 Å². The molecule has 0 aromatic carbocycles. The zero-order valence-electron chi connectivity index (χ0n) is 13.6. The molecule has 3 heteroatoms. The number of hydrogen-bond donors (Lipinski definition) is 1. The summed E-state index contributed by atoms with van der Waals surface area (Å²) in [6, 6.07) is 0.705. The molecule has 1 heterocycles. The number of hydrogen-bond acceptors (Lipinski definition) is 3. The Kier molecular flexibility index (Phi) is 18.9. The van der Waals surface area contributed by atoms with Crippen molar-refractivity contribution in [2.24, 2.45) is 0 Å². The molecule has 0 bridgehead atoms. The summed E-state index contributed by atoms with van der Waals surface area (Å²) in [5.74, 6) is 0. The van der Waals surface area contributed by atoms with E-state index in [0.29, 0.717) is 6.04 Å². The van der Waals surface area contributed by atoms with Gasteiger partial charge in [0.1, 0.15) is 0 Å². The van der Waals surface area contributed by atoms with Crippen LogP contribution >= 0.6 is 0 Å². The van der Waals surface area contributed by atoms with Crippen LogP contribution in [0.1, 0.15) is 54.4 Å². The third-order valence-electron chi connectivity index (χ3n) is 2.95. The Hall–Kier alpha value is -0.120.